The number of nitrogens with zero attached hydrogens (tertiary/aromatic N) is 2. The molecule has 0 radical (unpaired) electrons. The number of halogens is 1. The monoisotopic (exact) mass is 522 g/mol. The van der Waals surface area contributed by atoms with Gasteiger partial charge in [0.1, 0.15) is 11.6 Å². The molecule has 0 saturated carbocycles. The van der Waals surface area contributed by atoms with E-state index in [2.05, 4.69) is 6.58 Å². The maximum Gasteiger partial charge on any atom is 0.287 e. The highest BCUT2D eigenvalue weighted by molar-refractivity contribution is 7.16. The summed E-state index contributed by atoms with van der Waals surface area (Å²) >= 11 is 1.08. The molecule has 0 fully saturated rings. The number of hydroxylamine groups is 2. The molecule has 0 atom stereocenters. The van der Waals surface area contributed by atoms with Crippen molar-refractivity contribution in [3.63, 3.8) is 0 Å². The van der Waals surface area contributed by atoms with Crippen molar-refractivity contribution in [3.8, 4) is 5.75 Å². The van der Waals surface area contributed by atoms with E-state index < -0.39 is 11.7 Å². The third kappa shape index (κ3) is 6.15. The molecule has 0 unspecified atom stereocenters. The number of para-hydroxylation sites is 1. The van der Waals surface area contributed by atoms with Crippen LogP contribution in [0.2, 0.25) is 0 Å². The van der Waals surface area contributed by atoms with Crippen LogP contribution >= 0.6 is 11.3 Å². The summed E-state index contributed by atoms with van der Waals surface area (Å²) in [7, 11) is 2.92. The van der Waals surface area contributed by atoms with E-state index >= 15 is 0 Å². The average molecular weight is 523 g/mol. The number of anilines is 2. The molecular formula is C29H31FN2O4S. The van der Waals surface area contributed by atoms with Crippen LogP contribution < -0.4 is 9.64 Å². The van der Waals surface area contributed by atoms with E-state index in [0.29, 0.717) is 45.4 Å². The quantitative estimate of drug-likeness (QED) is 0.160. The number of ether oxygens (including phenoxy) is 1. The molecular weight excluding hydrogens is 491 g/mol. The molecule has 0 aliphatic heterocycles. The Balaban J connectivity index is 2.22. The van der Waals surface area contributed by atoms with Crippen molar-refractivity contribution in [1.29, 1.82) is 0 Å². The van der Waals surface area contributed by atoms with E-state index in [4.69, 9.17) is 9.57 Å². The number of allylic oxidation sites excluding steroid dienone is 3. The Morgan fingerprint density at radius 2 is 1.81 bits per heavy atom. The number of aryl methyl sites for hydroxylation is 2. The predicted octanol–water partition coefficient (Wildman–Crippen LogP) is 7.23. The molecule has 37 heavy (non-hydrogen) atoms. The van der Waals surface area contributed by atoms with Gasteiger partial charge in [-0.1, -0.05) is 44.7 Å². The number of benzene rings is 2. The Bertz CT molecular complexity index is 1320. The van der Waals surface area contributed by atoms with Crippen molar-refractivity contribution in [2.75, 3.05) is 19.1 Å². The second-order valence-electron chi connectivity index (χ2n) is 8.18. The summed E-state index contributed by atoms with van der Waals surface area (Å²) in [5, 5.41) is 1.12. The van der Waals surface area contributed by atoms with Gasteiger partial charge < -0.3 is 4.74 Å². The topological polar surface area (TPSA) is 59.1 Å². The smallest absolute Gasteiger partial charge is 0.287 e. The molecule has 0 bridgehead atoms. The molecule has 2 amide bonds. The average Bonchev–Trinajstić information content (AvgIpc) is 3.34. The van der Waals surface area contributed by atoms with Gasteiger partial charge in [-0.05, 0) is 54.8 Å². The molecule has 0 spiro atoms. The third-order valence-corrected chi connectivity index (χ3v) is 6.87. The van der Waals surface area contributed by atoms with Gasteiger partial charge in [0.25, 0.3) is 11.8 Å². The molecule has 1 aromatic heterocycles. The van der Waals surface area contributed by atoms with Gasteiger partial charge in [0.05, 0.1) is 22.6 Å². The summed E-state index contributed by atoms with van der Waals surface area (Å²) in [6.07, 6.45) is 4.47. The molecule has 0 aliphatic carbocycles. The summed E-state index contributed by atoms with van der Waals surface area (Å²) in [5.41, 5.74) is 2.04. The largest absolute Gasteiger partial charge is 0.459 e. The molecule has 3 aromatic rings. The second kappa shape index (κ2) is 12.5. The lowest BCUT2D eigenvalue weighted by atomic mass is 10.1. The molecule has 0 N–H and O–H groups in total. The fourth-order valence-corrected chi connectivity index (χ4v) is 4.90. The van der Waals surface area contributed by atoms with E-state index in [-0.39, 0.29) is 11.6 Å². The van der Waals surface area contributed by atoms with Gasteiger partial charge in [0.2, 0.25) is 0 Å². The lowest BCUT2D eigenvalue weighted by molar-refractivity contribution is -0.0754. The van der Waals surface area contributed by atoms with E-state index in [1.54, 1.807) is 49.4 Å². The SMILES string of the molecule is C=C/C=C(\CC)Oc1c(C)cc(F)cc1N(C(=O)c1cc(CC)c(C(=O)N(C)OC)s1)c1ccccc1. The van der Waals surface area contributed by atoms with Gasteiger partial charge in [-0.25, -0.2) is 9.45 Å². The van der Waals surface area contributed by atoms with Gasteiger partial charge in [-0.2, -0.15) is 0 Å². The molecule has 1 heterocycles. The first-order chi connectivity index (χ1) is 17.7. The maximum atomic E-state index is 14.8. The second-order valence-corrected chi connectivity index (χ2v) is 9.23. The lowest BCUT2D eigenvalue weighted by Gasteiger charge is -2.26. The Labute approximate surface area is 221 Å². The fraction of sp³-hybridized carbons (Fsp3) is 0.241. The minimum Gasteiger partial charge on any atom is -0.459 e. The lowest BCUT2D eigenvalue weighted by Crippen LogP contribution is -2.26. The summed E-state index contributed by atoms with van der Waals surface area (Å²) in [4.78, 5) is 34.2. The zero-order valence-electron chi connectivity index (χ0n) is 21.7. The molecule has 0 saturated heterocycles. The van der Waals surface area contributed by atoms with Gasteiger partial charge >= 0.3 is 0 Å². The molecule has 0 aliphatic rings. The van der Waals surface area contributed by atoms with Crippen molar-refractivity contribution in [3.05, 3.63) is 99.7 Å². The Hall–Kier alpha value is -3.75. The molecule has 194 valence electrons. The van der Waals surface area contributed by atoms with E-state index in [9.17, 15) is 14.0 Å². The van der Waals surface area contributed by atoms with Crippen molar-refractivity contribution in [2.24, 2.45) is 0 Å². The Morgan fingerprint density at radius 3 is 2.41 bits per heavy atom. The maximum absolute atomic E-state index is 14.8. The highest BCUT2D eigenvalue weighted by Gasteiger charge is 2.29. The number of amides is 2. The van der Waals surface area contributed by atoms with Crippen LogP contribution in [0.25, 0.3) is 0 Å². The first kappa shape index (κ1) is 27.8. The number of thiophene rings is 1. The van der Waals surface area contributed by atoms with Crippen LogP contribution in [0.3, 0.4) is 0 Å². The molecule has 2 aromatic carbocycles. The third-order valence-electron chi connectivity index (χ3n) is 5.72. The van der Waals surface area contributed by atoms with Crippen molar-refractivity contribution < 1.29 is 23.6 Å². The van der Waals surface area contributed by atoms with Gasteiger partial charge in [-0.15, -0.1) is 11.3 Å². The van der Waals surface area contributed by atoms with Gasteiger partial charge in [0, 0.05) is 25.2 Å². The normalized spacial score (nSPS) is 11.2. The van der Waals surface area contributed by atoms with E-state index in [1.807, 2.05) is 19.9 Å². The van der Waals surface area contributed by atoms with Crippen LogP contribution in [-0.4, -0.2) is 31.0 Å². The minimum atomic E-state index is -0.502. The van der Waals surface area contributed by atoms with Gasteiger partial charge in [0.15, 0.2) is 5.75 Å². The van der Waals surface area contributed by atoms with Crippen LogP contribution in [0.4, 0.5) is 15.8 Å². The number of rotatable bonds is 10. The van der Waals surface area contributed by atoms with E-state index in [0.717, 1.165) is 22.0 Å². The first-order valence-electron chi connectivity index (χ1n) is 11.9. The summed E-state index contributed by atoms with van der Waals surface area (Å²) in [6, 6.07) is 13.3. The summed E-state index contributed by atoms with van der Waals surface area (Å²) in [5.74, 6) is -0.284. The molecule has 3 rings (SSSR count). The van der Waals surface area contributed by atoms with Crippen molar-refractivity contribution >= 4 is 34.5 Å². The van der Waals surface area contributed by atoms with Crippen LogP contribution in [-0.2, 0) is 11.3 Å². The summed E-state index contributed by atoms with van der Waals surface area (Å²) < 4.78 is 21.0. The van der Waals surface area contributed by atoms with Crippen LogP contribution in [0.5, 0.6) is 5.75 Å². The highest BCUT2D eigenvalue weighted by atomic mass is 32.1. The zero-order valence-corrected chi connectivity index (χ0v) is 22.5. The standard InChI is InChI=1S/C29H31FN2O4S/c1-7-13-23(9-3)36-26-19(4)16-21(30)18-24(26)32(22-14-11-10-12-15-22)28(33)25-17-20(8-2)27(37-25)29(34)31(5)35-6/h7,10-18H,1,8-9H2,2-6H3/b23-13+. The van der Waals surface area contributed by atoms with Crippen molar-refractivity contribution in [2.45, 2.75) is 33.6 Å². The van der Waals surface area contributed by atoms with Crippen molar-refractivity contribution in [1.82, 2.24) is 5.06 Å². The Morgan fingerprint density at radius 1 is 1.11 bits per heavy atom. The molecule has 6 nitrogen and oxygen atoms in total. The number of carbonyl (C=O) groups excluding carboxylic acids is 2. The zero-order chi connectivity index (χ0) is 27.1. The minimum absolute atomic E-state index is 0.255. The summed E-state index contributed by atoms with van der Waals surface area (Å²) in [6.45, 7) is 9.31. The van der Waals surface area contributed by atoms with Gasteiger partial charge in [-0.3, -0.25) is 19.3 Å². The van der Waals surface area contributed by atoms with Crippen LogP contribution in [0.15, 0.2) is 73.0 Å². The van der Waals surface area contributed by atoms with Crippen LogP contribution in [0, 0.1) is 12.7 Å². The Kier molecular flexibility index (Phi) is 9.38. The number of hydrogen-bond acceptors (Lipinski definition) is 5. The number of hydrogen-bond donors (Lipinski definition) is 0. The van der Waals surface area contributed by atoms with Crippen LogP contribution in [0.1, 0.15) is 50.7 Å². The number of carbonyl (C=O) groups is 2. The highest BCUT2D eigenvalue weighted by Crippen LogP contribution is 2.40. The van der Waals surface area contributed by atoms with E-state index in [1.165, 1.54) is 31.2 Å². The predicted molar refractivity (Wildman–Crippen MR) is 146 cm³/mol. The first-order valence-corrected chi connectivity index (χ1v) is 12.7. The fourth-order valence-electron chi connectivity index (χ4n) is 3.75. The molecule has 8 heteroatoms.